The molecule has 0 aromatic heterocycles. The van der Waals surface area contributed by atoms with Crippen molar-refractivity contribution in [2.45, 2.75) is 5.51 Å². The third-order valence-electron chi connectivity index (χ3n) is 1.03. The summed E-state index contributed by atoms with van der Waals surface area (Å²) in [6.45, 7) is 0. The van der Waals surface area contributed by atoms with Crippen molar-refractivity contribution in [3.8, 4) is 0 Å². The van der Waals surface area contributed by atoms with Crippen LogP contribution in [0.4, 0.5) is 13.2 Å². The van der Waals surface area contributed by atoms with Crippen LogP contribution in [0.25, 0.3) is 0 Å². The fourth-order valence-corrected chi connectivity index (χ4v) is 0.830. The van der Waals surface area contributed by atoms with Gasteiger partial charge in [0.15, 0.2) is 0 Å². The summed E-state index contributed by atoms with van der Waals surface area (Å²) in [6, 6.07) is 10.2. The Labute approximate surface area is 98.2 Å². The second-order valence-electron chi connectivity index (χ2n) is 2.22. The highest BCUT2D eigenvalue weighted by Crippen LogP contribution is 2.20. The molecule has 3 nitrogen and oxygen atoms in total. The van der Waals surface area contributed by atoms with Crippen LogP contribution in [0.5, 0.6) is 0 Å². The zero-order valence-corrected chi connectivity index (χ0v) is 10.0. The van der Waals surface area contributed by atoms with Gasteiger partial charge in [-0.05, 0) is 34.7 Å². The fraction of sp³-hybridized carbons (Fsp3) is 0.143. The lowest BCUT2D eigenvalue weighted by Gasteiger charge is -1.97. The van der Waals surface area contributed by atoms with Crippen molar-refractivity contribution in [3.63, 3.8) is 0 Å². The molecule has 0 fully saturated rings. The van der Waals surface area contributed by atoms with Crippen LogP contribution in [-0.2, 0) is 10.1 Å². The van der Waals surface area contributed by atoms with Gasteiger partial charge in [0.05, 0.1) is 0 Å². The summed E-state index contributed by atoms with van der Waals surface area (Å²) >= 11 is 2.28. The number of rotatable bonds is 0. The molecule has 0 unspecified atom stereocenters. The van der Waals surface area contributed by atoms with E-state index in [9.17, 15) is 13.2 Å². The summed E-state index contributed by atoms with van der Waals surface area (Å²) in [5.41, 5.74) is -5.53. The highest BCUT2D eigenvalue weighted by atomic mass is 127. The molecular formula is C7H6F3IO3S. The molecule has 0 spiro atoms. The lowest BCUT2D eigenvalue weighted by atomic mass is 10.4. The highest BCUT2D eigenvalue weighted by Gasteiger charge is 2.44. The van der Waals surface area contributed by atoms with Crippen molar-refractivity contribution in [2.24, 2.45) is 0 Å². The average molecular weight is 354 g/mol. The summed E-state index contributed by atoms with van der Waals surface area (Å²) in [5, 5.41) is 0. The standard InChI is InChI=1S/C6H5I.CHF3O3S/c7-6-4-2-1-3-5-6;2-1(3,4)8(5,6)7/h1-5H;(H,5,6,7). The molecule has 0 saturated carbocycles. The monoisotopic (exact) mass is 354 g/mol. The first kappa shape index (κ1) is 14.6. The molecule has 8 heteroatoms. The Bertz CT molecular complexity index is 388. The molecule has 0 saturated heterocycles. The first-order chi connectivity index (χ1) is 6.64. The quantitative estimate of drug-likeness (QED) is 0.443. The van der Waals surface area contributed by atoms with Gasteiger partial charge in [-0.15, -0.1) is 0 Å². The van der Waals surface area contributed by atoms with Gasteiger partial charge in [-0.25, -0.2) is 0 Å². The molecule has 0 radical (unpaired) electrons. The molecule has 0 heterocycles. The van der Waals surface area contributed by atoms with Crippen LogP contribution in [0.15, 0.2) is 30.3 Å². The average Bonchev–Trinajstić information content (AvgIpc) is 2.02. The van der Waals surface area contributed by atoms with Crippen LogP contribution in [0.2, 0.25) is 0 Å². The van der Waals surface area contributed by atoms with E-state index in [4.69, 9.17) is 13.0 Å². The summed E-state index contributed by atoms with van der Waals surface area (Å²) in [7, 11) is -5.84. The van der Waals surface area contributed by atoms with Crippen LogP contribution in [0.1, 0.15) is 0 Å². The van der Waals surface area contributed by atoms with Crippen molar-refractivity contribution in [1.29, 1.82) is 0 Å². The lowest BCUT2D eigenvalue weighted by Crippen LogP contribution is -2.21. The minimum atomic E-state index is -5.84. The van der Waals surface area contributed by atoms with Gasteiger partial charge in [-0.3, -0.25) is 4.55 Å². The van der Waals surface area contributed by atoms with Crippen LogP contribution in [0.3, 0.4) is 0 Å². The Morgan fingerprint density at radius 2 is 1.47 bits per heavy atom. The van der Waals surface area contributed by atoms with Crippen molar-refractivity contribution >= 4 is 32.7 Å². The molecule has 0 aliphatic rings. The molecule has 0 aliphatic carbocycles. The van der Waals surface area contributed by atoms with Gasteiger partial charge < -0.3 is 0 Å². The largest absolute Gasteiger partial charge is 0.522 e. The van der Waals surface area contributed by atoms with Gasteiger partial charge in [-0.1, -0.05) is 18.2 Å². The zero-order valence-electron chi connectivity index (χ0n) is 7.07. The number of alkyl halides is 3. The number of hydrogen-bond acceptors (Lipinski definition) is 2. The molecule has 0 atom stereocenters. The maximum atomic E-state index is 10.7. The maximum absolute atomic E-state index is 10.7. The summed E-state index contributed by atoms with van der Waals surface area (Å²) in [6.07, 6.45) is 0. The van der Waals surface area contributed by atoms with Gasteiger partial charge in [0.2, 0.25) is 0 Å². The maximum Gasteiger partial charge on any atom is 0.522 e. The summed E-state index contributed by atoms with van der Waals surface area (Å²) < 4.78 is 58.8. The van der Waals surface area contributed by atoms with E-state index in [2.05, 4.69) is 34.7 Å². The van der Waals surface area contributed by atoms with Gasteiger partial charge >= 0.3 is 15.6 Å². The number of hydrogen-bond donors (Lipinski definition) is 1. The Morgan fingerprint density at radius 1 is 1.13 bits per heavy atom. The summed E-state index contributed by atoms with van der Waals surface area (Å²) in [4.78, 5) is 0. The van der Waals surface area contributed by atoms with E-state index in [-0.39, 0.29) is 0 Å². The van der Waals surface area contributed by atoms with E-state index in [0.717, 1.165) is 0 Å². The van der Waals surface area contributed by atoms with E-state index in [1.54, 1.807) is 0 Å². The van der Waals surface area contributed by atoms with E-state index in [1.807, 2.05) is 18.2 Å². The SMILES string of the molecule is Ic1ccccc1.O=S(=O)(O)C(F)(F)F. The van der Waals surface area contributed by atoms with Gasteiger partial charge in [-0.2, -0.15) is 21.6 Å². The fourth-order valence-electron chi connectivity index (χ4n) is 0.415. The minimum absolute atomic E-state index is 1.29. The number of halogens is 4. The Balaban J connectivity index is 0.000000262. The van der Waals surface area contributed by atoms with Gasteiger partial charge in [0.1, 0.15) is 0 Å². The second-order valence-corrected chi connectivity index (χ2v) is 4.88. The van der Waals surface area contributed by atoms with E-state index in [0.29, 0.717) is 0 Å². The van der Waals surface area contributed by atoms with E-state index < -0.39 is 15.6 Å². The topological polar surface area (TPSA) is 54.4 Å². The second kappa shape index (κ2) is 5.66. The van der Waals surface area contributed by atoms with Crippen molar-refractivity contribution in [2.75, 3.05) is 0 Å². The first-order valence-electron chi connectivity index (χ1n) is 3.39. The Kier molecular flexibility index (Phi) is 5.53. The third kappa shape index (κ3) is 6.68. The smallest absolute Gasteiger partial charge is 0.279 e. The molecule has 0 aliphatic heterocycles. The Hall–Kier alpha value is -0.350. The first-order valence-corrected chi connectivity index (χ1v) is 5.91. The third-order valence-corrected chi connectivity index (χ3v) is 2.33. The minimum Gasteiger partial charge on any atom is -0.279 e. The predicted octanol–water partition coefficient (Wildman–Crippen LogP) is 2.69. The molecule has 0 bridgehead atoms. The van der Waals surface area contributed by atoms with E-state index >= 15 is 0 Å². The van der Waals surface area contributed by atoms with Crippen LogP contribution in [-0.4, -0.2) is 18.5 Å². The molecule has 1 N–H and O–H groups in total. The molecule has 86 valence electrons. The lowest BCUT2D eigenvalue weighted by molar-refractivity contribution is -0.0510. The normalized spacial score (nSPS) is 11.5. The molecular weight excluding hydrogens is 348 g/mol. The van der Waals surface area contributed by atoms with Crippen LogP contribution in [0, 0.1) is 3.57 Å². The molecule has 1 aromatic rings. The van der Waals surface area contributed by atoms with Gasteiger partial charge in [0, 0.05) is 3.57 Å². The van der Waals surface area contributed by atoms with Gasteiger partial charge in [0.25, 0.3) is 0 Å². The van der Waals surface area contributed by atoms with Crippen molar-refractivity contribution in [3.05, 3.63) is 33.9 Å². The van der Waals surface area contributed by atoms with Crippen molar-refractivity contribution < 1.29 is 26.1 Å². The zero-order chi connectivity index (χ0) is 12.1. The van der Waals surface area contributed by atoms with Crippen LogP contribution >= 0.6 is 22.6 Å². The Morgan fingerprint density at radius 3 is 1.60 bits per heavy atom. The molecule has 0 amide bonds. The molecule has 1 rings (SSSR count). The van der Waals surface area contributed by atoms with E-state index in [1.165, 1.54) is 3.57 Å². The molecule has 15 heavy (non-hydrogen) atoms. The summed E-state index contributed by atoms with van der Waals surface area (Å²) in [5.74, 6) is 0. The van der Waals surface area contributed by atoms with Crippen molar-refractivity contribution in [1.82, 2.24) is 0 Å². The number of benzene rings is 1. The molecule has 1 aromatic carbocycles. The predicted molar refractivity (Wildman–Crippen MR) is 56.8 cm³/mol. The van der Waals surface area contributed by atoms with Crippen LogP contribution < -0.4 is 0 Å². The highest BCUT2D eigenvalue weighted by molar-refractivity contribution is 14.1.